The smallest absolute Gasteiger partial charge is 0.310 e. The molecule has 1 aromatic heterocycles. The lowest BCUT2D eigenvalue weighted by atomic mass is 9.98. The summed E-state index contributed by atoms with van der Waals surface area (Å²) in [6.07, 6.45) is 1.43. The fourth-order valence-electron chi connectivity index (χ4n) is 4.08. The second-order valence-corrected chi connectivity index (χ2v) is 8.70. The molecule has 3 rings (SSSR count). The maximum Gasteiger partial charge on any atom is 0.310 e. The number of piperidine rings is 1. The topological polar surface area (TPSA) is 97.6 Å². The Labute approximate surface area is 194 Å². The number of likely N-dealkylation sites (tertiary alicyclic amines) is 1. The van der Waals surface area contributed by atoms with Crippen molar-refractivity contribution in [3.63, 3.8) is 0 Å². The summed E-state index contributed by atoms with van der Waals surface area (Å²) in [5, 5.41) is 4.45. The highest BCUT2D eigenvalue weighted by Crippen LogP contribution is 2.23. The Morgan fingerprint density at radius 3 is 2.67 bits per heavy atom. The van der Waals surface area contributed by atoms with Crippen LogP contribution in [-0.2, 0) is 14.3 Å². The van der Waals surface area contributed by atoms with Crippen molar-refractivity contribution in [1.29, 1.82) is 0 Å². The van der Waals surface area contributed by atoms with Gasteiger partial charge in [0.25, 0.3) is 5.91 Å². The molecule has 33 heavy (non-hydrogen) atoms. The molecule has 0 bridgehead atoms. The first-order chi connectivity index (χ1) is 15.7. The molecule has 1 atom stereocenters. The Morgan fingerprint density at radius 2 is 1.97 bits per heavy atom. The van der Waals surface area contributed by atoms with Gasteiger partial charge < -0.3 is 14.5 Å². The van der Waals surface area contributed by atoms with E-state index in [1.54, 1.807) is 30.5 Å². The minimum absolute atomic E-state index is 0.0457. The first kappa shape index (κ1) is 24.4. The Kier molecular flexibility index (Phi) is 7.84. The van der Waals surface area contributed by atoms with Gasteiger partial charge in [-0.1, -0.05) is 32.0 Å². The molecule has 178 valence electrons. The maximum absolute atomic E-state index is 13.0. The van der Waals surface area contributed by atoms with Crippen LogP contribution in [0.5, 0.6) is 0 Å². The molecule has 2 heterocycles. The third kappa shape index (κ3) is 5.58. The SMILES string of the molecule is CCOC(=O)C1CCCN(C(=O)CN(C)C(=O)c2nc(C)n(-c3ccccc3C(C)C)n2)C1. The number of rotatable bonds is 7. The molecule has 1 aromatic carbocycles. The van der Waals surface area contributed by atoms with Crippen LogP contribution in [0.2, 0.25) is 0 Å². The van der Waals surface area contributed by atoms with Crippen LogP contribution in [0.25, 0.3) is 5.69 Å². The van der Waals surface area contributed by atoms with Crippen LogP contribution in [0.15, 0.2) is 24.3 Å². The Balaban J connectivity index is 1.69. The Morgan fingerprint density at radius 1 is 1.24 bits per heavy atom. The molecule has 9 nitrogen and oxygen atoms in total. The lowest BCUT2D eigenvalue weighted by Crippen LogP contribution is -2.47. The highest BCUT2D eigenvalue weighted by Gasteiger charge is 2.30. The summed E-state index contributed by atoms with van der Waals surface area (Å²) >= 11 is 0. The third-order valence-electron chi connectivity index (χ3n) is 5.86. The first-order valence-corrected chi connectivity index (χ1v) is 11.5. The van der Waals surface area contributed by atoms with E-state index < -0.39 is 5.91 Å². The number of aromatic nitrogens is 3. The van der Waals surface area contributed by atoms with Crippen molar-refractivity contribution in [2.75, 3.05) is 33.3 Å². The van der Waals surface area contributed by atoms with Crippen molar-refractivity contribution in [3.8, 4) is 5.69 Å². The van der Waals surface area contributed by atoms with Crippen molar-refractivity contribution in [3.05, 3.63) is 41.5 Å². The zero-order chi connectivity index (χ0) is 24.1. The van der Waals surface area contributed by atoms with Gasteiger partial charge in [0.2, 0.25) is 11.7 Å². The van der Waals surface area contributed by atoms with Gasteiger partial charge in [0.05, 0.1) is 24.8 Å². The van der Waals surface area contributed by atoms with Gasteiger partial charge in [0, 0.05) is 20.1 Å². The van der Waals surface area contributed by atoms with Crippen LogP contribution in [0.1, 0.15) is 61.5 Å². The molecule has 0 saturated carbocycles. The monoisotopic (exact) mass is 455 g/mol. The highest BCUT2D eigenvalue weighted by atomic mass is 16.5. The van der Waals surface area contributed by atoms with Gasteiger partial charge in [-0.3, -0.25) is 14.4 Å². The molecular weight excluding hydrogens is 422 g/mol. The van der Waals surface area contributed by atoms with E-state index in [1.165, 1.54) is 4.90 Å². The number of hydrogen-bond acceptors (Lipinski definition) is 6. The van der Waals surface area contributed by atoms with Gasteiger partial charge in [0.15, 0.2) is 0 Å². The number of hydrogen-bond donors (Lipinski definition) is 0. The van der Waals surface area contributed by atoms with Crippen LogP contribution >= 0.6 is 0 Å². The van der Waals surface area contributed by atoms with Gasteiger partial charge in [0.1, 0.15) is 5.82 Å². The number of carbonyl (C=O) groups is 3. The zero-order valence-electron chi connectivity index (χ0n) is 20.1. The quantitative estimate of drug-likeness (QED) is 0.595. The first-order valence-electron chi connectivity index (χ1n) is 11.5. The fraction of sp³-hybridized carbons (Fsp3) is 0.542. The molecule has 2 aromatic rings. The molecule has 0 aliphatic carbocycles. The summed E-state index contributed by atoms with van der Waals surface area (Å²) in [6.45, 7) is 8.86. The van der Waals surface area contributed by atoms with E-state index in [9.17, 15) is 14.4 Å². The van der Waals surface area contributed by atoms with Crippen molar-refractivity contribution < 1.29 is 19.1 Å². The number of carbonyl (C=O) groups excluding carboxylic acids is 3. The van der Waals surface area contributed by atoms with Gasteiger partial charge in [-0.2, -0.15) is 0 Å². The lowest BCUT2D eigenvalue weighted by molar-refractivity contribution is -0.151. The van der Waals surface area contributed by atoms with Crippen LogP contribution in [-0.4, -0.2) is 75.6 Å². The minimum atomic E-state index is -0.425. The number of nitrogens with zero attached hydrogens (tertiary/aromatic N) is 5. The summed E-state index contributed by atoms with van der Waals surface area (Å²) in [6, 6.07) is 7.89. The van der Waals surface area contributed by atoms with Crippen molar-refractivity contribution in [2.24, 2.45) is 5.92 Å². The van der Waals surface area contributed by atoms with E-state index in [4.69, 9.17) is 4.74 Å². The van der Waals surface area contributed by atoms with E-state index >= 15 is 0 Å². The van der Waals surface area contributed by atoms with Gasteiger partial charge in [-0.25, -0.2) is 9.67 Å². The van der Waals surface area contributed by atoms with Crippen LogP contribution in [0.3, 0.4) is 0 Å². The summed E-state index contributed by atoms with van der Waals surface area (Å²) in [7, 11) is 1.56. The standard InChI is InChI=1S/C24H33N5O4/c1-6-33-24(32)18-10-9-13-28(14-18)21(30)15-27(5)23(31)22-25-17(4)29(26-22)20-12-8-7-11-19(20)16(2)3/h7-8,11-12,16,18H,6,9-10,13-15H2,1-5H3. The number of aryl methyl sites for hydroxylation is 1. The predicted molar refractivity (Wildman–Crippen MR) is 123 cm³/mol. The minimum Gasteiger partial charge on any atom is -0.466 e. The zero-order valence-corrected chi connectivity index (χ0v) is 20.1. The van der Waals surface area contributed by atoms with E-state index in [0.717, 1.165) is 17.7 Å². The maximum atomic E-state index is 13.0. The summed E-state index contributed by atoms with van der Waals surface area (Å²) < 4.78 is 6.77. The van der Waals surface area contributed by atoms with Crippen LogP contribution in [0, 0.1) is 12.8 Å². The normalized spacial score (nSPS) is 16.1. The fourth-order valence-corrected chi connectivity index (χ4v) is 4.08. The van der Waals surface area contributed by atoms with Gasteiger partial charge in [-0.15, -0.1) is 5.10 Å². The van der Waals surface area contributed by atoms with Crippen molar-refractivity contribution >= 4 is 17.8 Å². The number of para-hydroxylation sites is 1. The molecule has 1 fully saturated rings. The molecule has 1 aliphatic rings. The van der Waals surface area contributed by atoms with Crippen molar-refractivity contribution in [2.45, 2.75) is 46.5 Å². The largest absolute Gasteiger partial charge is 0.466 e. The molecule has 2 amide bonds. The third-order valence-corrected chi connectivity index (χ3v) is 5.86. The molecule has 1 saturated heterocycles. The van der Waals surface area contributed by atoms with E-state index in [0.29, 0.717) is 31.9 Å². The van der Waals surface area contributed by atoms with E-state index in [2.05, 4.69) is 23.9 Å². The molecule has 1 unspecified atom stereocenters. The van der Waals surface area contributed by atoms with Crippen LogP contribution < -0.4 is 0 Å². The average molecular weight is 456 g/mol. The molecule has 0 spiro atoms. The van der Waals surface area contributed by atoms with E-state index in [1.807, 2.05) is 24.3 Å². The highest BCUT2D eigenvalue weighted by molar-refractivity contribution is 5.93. The second kappa shape index (κ2) is 10.6. The van der Waals surface area contributed by atoms with E-state index in [-0.39, 0.29) is 36.1 Å². The Hall–Kier alpha value is -3.23. The number of benzene rings is 1. The average Bonchev–Trinajstić information content (AvgIpc) is 3.20. The van der Waals surface area contributed by atoms with Gasteiger partial charge in [-0.05, 0) is 44.2 Å². The molecule has 0 N–H and O–H groups in total. The van der Waals surface area contributed by atoms with Gasteiger partial charge >= 0.3 is 5.97 Å². The number of ether oxygens (including phenoxy) is 1. The second-order valence-electron chi connectivity index (χ2n) is 8.70. The summed E-state index contributed by atoms with van der Waals surface area (Å²) in [4.78, 5) is 45.2. The number of amides is 2. The Bertz CT molecular complexity index is 1020. The lowest BCUT2D eigenvalue weighted by Gasteiger charge is -2.32. The summed E-state index contributed by atoms with van der Waals surface area (Å²) in [5.74, 6) is -0.292. The molecular formula is C24H33N5O4. The van der Waals surface area contributed by atoms with Crippen LogP contribution in [0.4, 0.5) is 0 Å². The predicted octanol–water partition coefficient (Wildman–Crippen LogP) is 2.57. The molecule has 9 heteroatoms. The number of likely N-dealkylation sites (N-methyl/N-ethyl adjacent to an activating group) is 1. The molecule has 0 radical (unpaired) electrons. The summed E-state index contributed by atoms with van der Waals surface area (Å²) in [5.41, 5.74) is 1.99. The molecule has 1 aliphatic heterocycles. The van der Waals surface area contributed by atoms with Crippen molar-refractivity contribution in [1.82, 2.24) is 24.6 Å². The number of esters is 1.